The SMILES string of the molecule is Clc1ccc(Cl)c(C2(n3ccnc3)OCCO2)c1. The summed E-state index contributed by atoms with van der Waals surface area (Å²) in [7, 11) is 0. The van der Waals surface area contributed by atoms with Gasteiger partial charge in [0.05, 0.1) is 30.1 Å². The number of ether oxygens (including phenoxy) is 2. The van der Waals surface area contributed by atoms with Crippen LogP contribution in [0.5, 0.6) is 0 Å². The molecule has 18 heavy (non-hydrogen) atoms. The van der Waals surface area contributed by atoms with Gasteiger partial charge in [-0.05, 0) is 18.2 Å². The number of hydrogen-bond acceptors (Lipinski definition) is 3. The Morgan fingerprint density at radius 3 is 2.67 bits per heavy atom. The summed E-state index contributed by atoms with van der Waals surface area (Å²) in [6.45, 7) is 0.974. The molecule has 1 fully saturated rings. The van der Waals surface area contributed by atoms with Crippen molar-refractivity contribution in [1.82, 2.24) is 9.55 Å². The molecule has 1 aromatic heterocycles. The second kappa shape index (κ2) is 4.55. The summed E-state index contributed by atoms with van der Waals surface area (Å²) >= 11 is 12.3. The Kier molecular flexibility index (Phi) is 3.03. The molecular weight excluding hydrogens is 275 g/mol. The first-order valence-corrected chi connectivity index (χ1v) is 6.20. The number of rotatable bonds is 2. The van der Waals surface area contributed by atoms with Crippen molar-refractivity contribution in [2.75, 3.05) is 13.2 Å². The third-order valence-electron chi connectivity index (χ3n) is 2.79. The van der Waals surface area contributed by atoms with E-state index in [-0.39, 0.29) is 0 Å². The topological polar surface area (TPSA) is 36.3 Å². The molecule has 0 saturated carbocycles. The second-order valence-corrected chi connectivity index (χ2v) is 4.72. The molecule has 2 aromatic rings. The van der Waals surface area contributed by atoms with Crippen molar-refractivity contribution >= 4 is 23.2 Å². The van der Waals surface area contributed by atoms with Crippen molar-refractivity contribution in [1.29, 1.82) is 0 Å². The quantitative estimate of drug-likeness (QED) is 0.851. The van der Waals surface area contributed by atoms with Gasteiger partial charge in [0, 0.05) is 17.4 Å². The zero-order chi connectivity index (χ0) is 12.6. The van der Waals surface area contributed by atoms with Crippen LogP contribution < -0.4 is 0 Å². The summed E-state index contributed by atoms with van der Waals surface area (Å²) in [5.41, 5.74) is 0.673. The van der Waals surface area contributed by atoms with E-state index in [1.165, 1.54) is 0 Å². The zero-order valence-electron chi connectivity index (χ0n) is 9.35. The molecule has 0 unspecified atom stereocenters. The Bertz CT molecular complexity index is 551. The molecule has 1 saturated heterocycles. The van der Waals surface area contributed by atoms with Crippen LogP contribution in [0.1, 0.15) is 5.56 Å². The smallest absolute Gasteiger partial charge is 0.286 e. The van der Waals surface area contributed by atoms with Gasteiger partial charge >= 0.3 is 0 Å². The van der Waals surface area contributed by atoms with Crippen LogP contribution in [0.3, 0.4) is 0 Å². The van der Waals surface area contributed by atoms with E-state index in [9.17, 15) is 0 Å². The van der Waals surface area contributed by atoms with Crippen LogP contribution in [0, 0.1) is 0 Å². The van der Waals surface area contributed by atoms with Gasteiger partial charge in [-0.3, -0.25) is 4.57 Å². The highest BCUT2D eigenvalue weighted by molar-refractivity contribution is 6.33. The summed E-state index contributed by atoms with van der Waals surface area (Å²) in [6.07, 6.45) is 5.05. The molecule has 0 aliphatic carbocycles. The summed E-state index contributed by atoms with van der Waals surface area (Å²) < 4.78 is 13.3. The maximum absolute atomic E-state index is 6.23. The number of benzene rings is 1. The fourth-order valence-electron chi connectivity index (χ4n) is 2.02. The Balaban J connectivity index is 2.18. The lowest BCUT2D eigenvalue weighted by Crippen LogP contribution is -2.35. The van der Waals surface area contributed by atoms with Crippen molar-refractivity contribution in [3.05, 3.63) is 52.5 Å². The van der Waals surface area contributed by atoms with Crippen LogP contribution >= 0.6 is 23.2 Å². The molecule has 0 radical (unpaired) electrons. The van der Waals surface area contributed by atoms with Crippen LogP contribution in [0.4, 0.5) is 0 Å². The maximum Gasteiger partial charge on any atom is 0.286 e. The summed E-state index contributed by atoms with van der Waals surface area (Å²) in [5.74, 6) is -1.07. The molecule has 94 valence electrons. The number of aromatic nitrogens is 2. The van der Waals surface area contributed by atoms with Crippen molar-refractivity contribution in [3.63, 3.8) is 0 Å². The Morgan fingerprint density at radius 2 is 2.00 bits per heavy atom. The van der Waals surface area contributed by atoms with Gasteiger partial charge < -0.3 is 9.47 Å². The average molecular weight is 285 g/mol. The lowest BCUT2D eigenvalue weighted by molar-refractivity contribution is -0.188. The van der Waals surface area contributed by atoms with Crippen molar-refractivity contribution in [3.8, 4) is 0 Å². The molecule has 4 nitrogen and oxygen atoms in total. The lowest BCUT2D eigenvalue weighted by atomic mass is 10.1. The van der Waals surface area contributed by atoms with E-state index in [1.54, 1.807) is 41.5 Å². The first kappa shape index (κ1) is 12.0. The molecule has 1 aromatic carbocycles. The molecule has 2 heterocycles. The van der Waals surface area contributed by atoms with Gasteiger partial charge in [-0.1, -0.05) is 23.2 Å². The van der Waals surface area contributed by atoms with E-state index >= 15 is 0 Å². The normalized spacial score (nSPS) is 18.1. The van der Waals surface area contributed by atoms with Crippen LogP contribution in [0.15, 0.2) is 36.9 Å². The molecule has 1 aliphatic rings. The zero-order valence-corrected chi connectivity index (χ0v) is 10.9. The first-order chi connectivity index (χ1) is 8.72. The van der Waals surface area contributed by atoms with Gasteiger partial charge in [-0.2, -0.15) is 0 Å². The molecule has 0 amide bonds. The van der Waals surface area contributed by atoms with E-state index in [0.717, 1.165) is 0 Å². The molecule has 6 heteroatoms. The molecule has 3 rings (SSSR count). The average Bonchev–Trinajstić information content (AvgIpc) is 3.01. The summed E-state index contributed by atoms with van der Waals surface area (Å²) in [4.78, 5) is 4.02. The van der Waals surface area contributed by atoms with E-state index in [0.29, 0.717) is 28.8 Å². The first-order valence-electron chi connectivity index (χ1n) is 5.44. The van der Waals surface area contributed by atoms with E-state index < -0.39 is 5.91 Å². The predicted octanol–water partition coefficient (Wildman–Crippen LogP) is 2.90. The number of nitrogens with zero attached hydrogens (tertiary/aromatic N) is 2. The molecular formula is C12H10Cl2N2O2. The number of hydrogen-bond donors (Lipinski definition) is 0. The molecule has 1 aliphatic heterocycles. The van der Waals surface area contributed by atoms with Gasteiger partial charge in [0.15, 0.2) is 0 Å². The van der Waals surface area contributed by atoms with Crippen LogP contribution in [0.25, 0.3) is 0 Å². The van der Waals surface area contributed by atoms with Gasteiger partial charge in [0.2, 0.25) is 0 Å². The van der Waals surface area contributed by atoms with Gasteiger partial charge in [0.25, 0.3) is 5.91 Å². The Morgan fingerprint density at radius 1 is 1.22 bits per heavy atom. The fraction of sp³-hybridized carbons (Fsp3) is 0.250. The van der Waals surface area contributed by atoms with E-state index in [1.807, 2.05) is 0 Å². The predicted molar refractivity (Wildman–Crippen MR) is 67.7 cm³/mol. The van der Waals surface area contributed by atoms with Crippen molar-refractivity contribution < 1.29 is 9.47 Å². The summed E-state index contributed by atoms with van der Waals surface area (Å²) in [6, 6.07) is 5.20. The standard InChI is InChI=1S/C12H10Cl2N2O2/c13-9-1-2-11(14)10(7-9)12(17-5-6-18-12)16-4-3-15-8-16/h1-4,7-8H,5-6H2. The third kappa shape index (κ3) is 1.82. The lowest BCUT2D eigenvalue weighted by Gasteiger charge is -2.29. The largest absolute Gasteiger partial charge is 0.326 e. The van der Waals surface area contributed by atoms with Crippen LogP contribution in [0.2, 0.25) is 10.0 Å². The molecule has 0 spiro atoms. The molecule has 0 N–H and O–H groups in total. The minimum atomic E-state index is -1.07. The molecule has 0 atom stereocenters. The van der Waals surface area contributed by atoms with Gasteiger partial charge in [0.1, 0.15) is 0 Å². The Labute approximate surface area is 114 Å². The highest BCUT2D eigenvalue weighted by atomic mass is 35.5. The van der Waals surface area contributed by atoms with Crippen molar-refractivity contribution in [2.24, 2.45) is 0 Å². The second-order valence-electron chi connectivity index (χ2n) is 3.87. The fourth-order valence-corrected chi connectivity index (χ4v) is 2.43. The van der Waals surface area contributed by atoms with Gasteiger partial charge in [-0.25, -0.2) is 4.98 Å². The van der Waals surface area contributed by atoms with E-state index in [4.69, 9.17) is 32.7 Å². The monoisotopic (exact) mass is 284 g/mol. The summed E-state index contributed by atoms with van der Waals surface area (Å²) in [5, 5.41) is 1.11. The van der Waals surface area contributed by atoms with Crippen LogP contribution in [-0.2, 0) is 15.4 Å². The number of halogens is 2. The molecule has 0 bridgehead atoms. The Hall–Kier alpha value is -1.07. The third-order valence-corrected chi connectivity index (χ3v) is 3.36. The maximum atomic E-state index is 6.23. The minimum absolute atomic E-state index is 0.487. The minimum Gasteiger partial charge on any atom is -0.326 e. The van der Waals surface area contributed by atoms with Gasteiger partial charge in [-0.15, -0.1) is 0 Å². The number of imidazole rings is 1. The highest BCUT2D eigenvalue weighted by Crippen LogP contribution is 2.38. The highest BCUT2D eigenvalue weighted by Gasteiger charge is 2.42. The van der Waals surface area contributed by atoms with Crippen LogP contribution in [-0.4, -0.2) is 22.8 Å². The van der Waals surface area contributed by atoms with E-state index in [2.05, 4.69) is 4.98 Å². The van der Waals surface area contributed by atoms with Crippen molar-refractivity contribution in [2.45, 2.75) is 5.91 Å².